The molecule has 0 unspecified atom stereocenters. The molecule has 0 atom stereocenters. The number of nitrogens with one attached hydrogen (secondary N) is 1. The number of anilines is 1. The Kier molecular flexibility index (Phi) is 7.68. The van der Waals surface area contributed by atoms with Crippen LogP contribution < -0.4 is 5.32 Å². The smallest absolute Gasteiger partial charge is 0.337 e. The summed E-state index contributed by atoms with van der Waals surface area (Å²) < 4.78 is 4.65. The van der Waals surface area contributed by atoms with Crippen LogP contribution in [0.1, 0.15) is 57.9 Å². The number of esters is 1. The molecule has 1 aromatic carbocycles. The largest absolute Gasteiger partial charge is 0.465 e. The van der Waals surface area contributed by atoms with Gasteiger partial charge in [-0.2, -0.15) is 0 Å². The SMILES string of the molecule is CCCN(CCC)C(=O)c1cc(C(=O)Nc2ccc(C(=O)OC)cc2)ccn1. The van der Waals surface area contributed by atoms with Crippen LogP contribution in [-0.2, 0) is 4.74 Å². The van der Waals surface area contributed by atoms with E-state index < -0.39 is 5.97 Å². The maximum absolute atomic E-state index is 12.7. The number of carbonyl (C=O) groups is 3. The van der Waals surface area contributed by atoms with Crippen LogP contribution in [0, 0.1) is 0 Å². The van der Waals surface area contributed by atoms with E-state index in [0.717, 1.165) is 12.8 Å². The van der Waals surface area contributed by atoms with Gasteiger partial charge in [0.05, 0.1) is 12.7 Å². The molecule has 28 heavy (non-hydrogen) atoms. The van der Waals surface area contributed by atoms with Crippen molar-refractivity contribution in [2.45, 2.75) is 26.7 Å². The first-order valence-electron chi connectivity index (χ1n) is 9.25. The van der Waals surface area contributed by atoms with Crippen LogP contribution in [0.5, 0.6) is 0 Å². The van der Waals surface area contributed by atoms with Gasteiger partial charge in [-0.25, -0.2) is 4.79 Å². The van der Waals surface area contributed by atoms with Gasteiger partial charge in [0.1, 0.15) is 5.69 Å². The normalized spacial score (nSPS) is 10.2. The van der Waals surface area contributed by atoms with Crippen LogP contribution in [0.2, 0.25) is 0 Å². The molecule has 0 aliphatic carbocycles. The van der Waals surface area contributed by atoms with Crippen molar-refractivity contribution in [3.8, 4) is 0 Å². The summed E-state index contributed by atoms with van der Waals surface area (Å²) in [4.78, 5) is 42.5. The molecule has 0 fully saturated rings. The van der Waals surface area contributed by atoms with Gasteiger partial charge in [0.15, 0.2) is 0 Å². The fourth-order valence-electron chi connectivity index (χ4n) is 2.72. The average Bonchev–Trinajstić information content (AvgIpc) is 2.73. The molecule has 0 saturated heterocycles. The summed E-state index contributed by atoms with van der Waals surface area (Å²) in [5.41, 5.74) is 1.50. The van der Waals surface area contributed by atoms with E-state index in [0.29, 0.717) is 29.9 Å². The molecular weight excluding hydrogens is 358 g/mol. The topological polar surface area (TPSA) is 88.6 Å². The zero-order valence-corrected chi connectivity index (χ0v) is 16.4. The van der Waals surface area contributed by atoms with Crippen LogP contribution in [0.15, 0.2) is 42.6 Å². The lowest BCUT2D eigenvalue weighted by Gasteiger charge is -2.21. The lowest BCUT2D eigenvalue weighted by molar-refractivity contribution is 0.0600. The van der Waals surface area contributed by atoms with E-state index in [1.165, 1.54) is 19.4 Å². The second kappa shape index (κ2) is 10.2. The number of pyridine rings is 1. The molecule has 2 rings (SSSR count). The Balaban J connectivity index is 2.13. The van der Waals surface area contributed by atoms with Gasteiger partial charge >= 0.3 is 5.97 Å². The van der Waals surface area contributed by atoms with Crippen molar-refractivity contribution < 1.29 is 19.1 Å². The highest BCUT2D eigenvalue weighted by Crippen LogP contribution is 2.13. The highest BCUT2D eigenvalue weighted by Gasteiger charge is 2.17. The van der Waals surface area contributed by atoms with Crippen molar-refractivity contribution in [2.24, 2.45) is 0 Å². The van der Waals surface area contributed by atoms with Crippen molar-refractivity contribution in [1.82, 2.24) is 9.88 Å². The van der Waals surface area contributed by atoms with Crippen LogP contribution in [0.3, 0.4) is 0 Å². The number of hydrogen-bond acceptors (Lipinski definition) is 5. The number of benzene rings is 1. The maximum atomic E-state index is 12.7. The van der Waals surface area contributed by atoms with Crippen molar-refractivity contribution in [3.63, 3.8) is 0 Å². The maximum Gasteiger partial charge on any atom is 0.337 e. The van der Waals surface area contributed by atoms with Gasteiger partial charge in [-0.05, 0) is 49.2 Å². The van der Waals surface area contributed by atoms with E-state index in [9.17, 15) is 14.4 Å². The molecule has 1 aromatic heterocycles. The van der Waals surface area contributed by atoms with Crippen molar-refractivity contribution in [3.05, 3.63) is 59.4 Å². The Labute approximate surface area is 164 Å². The minimum atomic E-state index is -0.445. The van der Waals surface area contributed by atoms with E-state index in [1.807, 2.05) is 13.8 Å². The van der Waals surface area contributed by atoms with Crippen LogP contribution in [0.25, 0.3) is 0 Å². The lowest BCUT2D eigenvalue weighted by atomic mass is 10.1. The molecule has 148 valence electrons. The van der Waals surface area contributed by atoms with E-state index in [2.05, 4.69) is 15.0 Å². The molecule has 0 spiro atoms. The Hall–Kier alpha value is -3.22. The molecule has 7 nitrogen and oxygen atoms in total. The highest BCUT2D eigenvalue weighted by atomic mass is 16.5. The number of rotatable bonds is 8. The fraction of sp³-hybridized carbons (Fsp3) is 0.333. The molecule has 0 aliphatic rings. The van der Waals surface area contributed by atoms with Crippen molar-refractivity contribution in [1.29, 1.82) is 0 Å². The van der Waals surface area contributed by atoms with Crippen molar-refractivity contribution >= 4 is 23.5 Å². The molecule has 1 heterocycles. The first-order valence-corrected chi connectivity index (χ1v) is 9.25. The molecule has 0 saturated carbocycles. The van der Waals surface area contributed by atoms with Gasteiger partial charge in [0.2, 0.25) is 0 Å². The van der Waals surface area contributed by atoms with Crippen LogP contribution in [-0.4, -0.2) is 47.9 Å². The van der Waals surface area contributed by atoms with Gasteiger partial charge in [-0.1, -0.05) is 13.8 Å². The minimum absolute atomic E-state index is 0.180. The number of ether oxygens (including phenoxy) is 1. The number of methoxy groups -OCH3 is 1. The van der Waals surface area contributed by atoms with Gasteiger partial charge in [0.25, 0.3) is 11.8 Å². The van der Waals surface area contributed by atoms with E-state index in [4.69, 9.17) is 0 Å². The third kappa shape index (κ3) is 5.39. The predicted octanol–water partition coefficient (Wildman–Crippen LogP) is 3.38. The standard InChI is InChI=1S/C21H25N3O4/c1-4-12-24(13-5-2)20(26)18-14-16(10-11-22-18)19(25)23-17-8-6-15(7-9-17)21(27)28-3/h6-11,14H,4-5,12-13H2,1-3H3,(H,23,25). The Bertz CT molecular complexity index is 828. The third-order valence-electron chi connectivity index (χ3n) is 4.08. The number of carbonyl (C=O) groups excluding carboxylic acids is 3. The zero-order chi connectivity index (χ0) is 20.5. The molecule has 1 N–H and O–H groups in total. The average molecular weight is 383 g/mol. The summed E-state index contributed by atoms with van der Waals surface area (Å²) >= 11 is 0. The fourth-order valence-corrected chi connectivity index (χ4v) is 2.72. The molecular formula is C21H25N3O4. The summed E-state index contributed by atoms with van der Waals surface area (Å²) in [6.45, 7) is 5.33. The first kappa shape index (κ1) is 21.1. The van der Waals surface area contributed by atoms with Gasteiger partial charge in [0, 0.05) is 30.5 Å². The monoisotopic (exact) mass is 383 g/mol. The van der Waals surface area contributed by atoms with Gasteiger partial charge in [-0.15, -0.1) is 0 Å². The Morgan fingerprint density at radius 2 is 1.64 bits per heavy atom. The third-order valence-corrected chi connectivity index (χ3v) is 4.08. The molecule has 7 heteroatoms. The van der Waals surface area contributed by atoms with E-state index in [-0.39, 0.29) is 17.5 Å². The number of aromatic nitrogens is 1. The Morgan fingerprint density at radius 3 is 2.21 bits per heavy atom. The zero-order valence-electron chi connectivity index (χ0n) is 16.4. The molecule has 2 aromatic rings. The molecule has 0 aliphatic heterocycles. The number of amides is 2. The predicted molar refractivity (Wildman–Crippen MR) is 106 cm³/mol. The van der Waals surface area contributed by atoms with Crippen LogP contribution >= 0.6 is 0 Å². The molecule has 0 bridgehead atoms. The number of hydrogen-bond donors (Lipinski definition) is 1. The highest BCUT2D eigenvalue weighted by molar-refractivity contribution is 6.05. The molecule has 0 radical (unpaired) electrons. The van der Waals surface area contributed by atoms with Crippen molar-refractivity contribution in [2.75, 3.05) is 25.5 Å². The van der Waals surface area contributed by atoms with Gasteiger partial charge in [-0.3, -0.25) is 14.6 Å². The number of nitrogens with zero attached hydrogens (tertiary/aromatic N) is 2. The second-order valence-electron chi connectivity index (χ2n) is 6.25. The summed E-state index contributed by atoms with van der Waals surface area (Å²) in [6.07, 6.45) is 3.17. The van der Waals surface area contributed by atoms with E-state index in [1.54, 1.807) is 35.2 Å². The Morgan fingerprint density at radius 1 is 1.00 bits per heavy atom. The van der Waals surface area contributed by atoms with E-state index >= 15 is 0 Å². The second-order valence-corrected chi connectivity index (χ2v) is 6.25. The molecule has 2 amide bonds. The summed E-state index contributed by atoms with van der Waals surface area (Å²) in [6, 6.07) is 9.41. The summed E-state index contributed by atoms with van der Waals surface area (Å²) in [5.74, 6) is -0.987. The summed E-state index contributed by atoms with van der Waals surface area (Å²) in [7, 11) is 1.31. The van der Waals surface area contributed by atoms with Gasteiger partial charge < -0.3 is 15.0 Å². The first-order chi connectivity index (χ1) is 13.5. The summed E-state index contributed by atoms with van der Waals surface area (Å²) in [5, 5.41) is 2.74. The quantitative estimate of drug-likeness (QED) is 0.706. The van der Waals surface area contributed by atoms with Crippen LogP contribution in [0.4, 0.5) is 5.69 Å². The minimum Gasteiger partial charge on any atom is -0.465 e. The lowest BCUT2D eigenvalue weighted by Crippen LogP contribution is -2.33.